The van der Waals surface area contributed by atoms with Crippen molar-refractivity contribution in [2.24, 2.45) is 5.92 Å². The van der Waals surface area contributed by atoms with Crippen molar-refractivity contribution in [3.05, 3.63) is 23.3 Å². The van der Waals surface area contributed by atoms with Crippen LogP contribution in [-0.2, 0) is 28.5 Å². The molecule has 6 heteroatoms. The van der Waals surface area contributed by atoms with E-state index in [4.69, 9.17) is 23.7 Å². The number of allylic oxidation sites excluding steroid dienone is 1. The Labute approximate surface area is 219 Å². The summed E-state index contributed by atoms with van der Waals surface area (Å²) in [7, 11) is 0. The van der Waals surface area contributed by atoms with Crippen LogP contribution in [0.3, 0.4) is 0 Å². The Morgan fingerprint density at radius 1 is 1.08 bits per heavy atom. The van der Waals surface area contributed by atoms with Gasteiger partial charge in [-0.25, -0.2) is 0 Å². The largest absolute Gasteiger partial charge is 0.363 e. The van der Waals surface area contributed by atoms with Crippen molar-refractivity contribution < 1.29 is 28.5 Å². The summed E-state index contributed by atoms with van der Waals surface area (Å²) < 4.78 is 30.0. The molecule has 36 heavy (non-hydrogen) atoms. The van der Waals surface area contributed by atoms with Gasteiger partial charge in [-0.1, -0.05) is 24.6 Å². The van der Waals surface area contributed by atoms with Gasteiger partial charge in [-0.3, -0.25) is 4.79 Å². The molecule has 4 unspecified atom stereocenters. The predicted octanol–water partition coefficient (Wildman–Crippen LogP) is 6.67. The van der Waals surface area contributed by atoms with E-state index in [2.05, 4.69) is 32.9 Å². The maximum atomic E-state index is 13.0. The molecular formula is C30H50O6. The van der Waals surface area contributed by atoms with Gasteiger partial charge in [0, 0.05) is 19.6 Å². The minimum atomic E-state index is -0.717. The van der Waals surface area contributed by atoms with E-state index in [1.165, 1.54) is 12.0 Å². The molecule has 0 radical (unpaired) electrons. The van der Waals surface area contributed by atoms with Crippen LogP contribution in [0.15, 0.2) is 23.3 Å². The summed E-state index contributed by atoms with van der Waals surface area (Å²) in [6.07, 6.45) is 15.7. The first-order valence-corrected chi connectivity index (χ1v) is 14.3. The molecule has 0 spiro atoms. The summed E-state index contributed by atoms with van der Waals surface area (Å²) in [5.74, 6) is 0.591. The standard InChI is InChI=1S/C30H50O6/c1-23(2)13-15-26(36-29-12-6-8-20-33-29)24(3)10-9-18-30(4)27(31)16-14-25(22-35-30)17-21-34-28-11-5-7-19-32-28/h13,17,24,26,28-29H,5-12,14-16,18-22H2,1-4H3/t24?,26?,28?,29?,30-/m0/s1. The second-order valence-electron chi connectivity index (χ2n) is 11.3. The Morgan fingerprint density at radius 2 is 1.81 bits per heavy atom. The molecule has 0 aromatic heterocycles. The molecule has 3 aliphatic rings. The highest BCUT2D eigenvalue weighted by Crippen LogP contribution is 2.31. The molecule has 0 bridgehead atoms. The molecule has 0 aromatic rings. The third-order valence-electron chi connectivity index (χ3n) is 7.80. The molecule has 206 valence electrons. The fraction of sp³-hybridized carbons (Fsp3) is 0.833. The van der Waals surface area contributed by atoms with Gasteiger partial charge in [0.05, 0.1) is 19.3 Å². The molecule has 3 aliphatic heterocycles. The Balaban J connectivity index is 1.46. The lowest BCUT2D eigenvalue weighted by molar-refractivity contribution is -0.197. The number of hydrogen-bond donors (Lipinski definition) is 0. The zero-order valence-corrected chi connectivity index (χ0v) is 23.2. The first-order chi connectivity index (χ1) is 17.4. The van der Waals surface area contributed by atoms with Gasteiger partial charge in [0.25, 0.3) is 0 Å². The lowest BCUT2D eigenvalue weighted by Crippen LogP contribution is -2.37. The van der Waals surface area contributed by atoms with E-state index in [0.29, 0.717) is 25.6 Å². The first kappa shape index (κ1) is 29.5. The molecule has 0 N–H and O–H groups in total. The molecule has 6 nitrogen and oxygen atoms in total. The number of ether oxygens (including phenoxy) is 5. The summed E-state index contributed by atoms with van der Waals surface area (Å²) in [6, 6.07) is 0. The summed E-state index contributed by atoms with van der Waals surface area (Å²) in [6.45, 7) is 11.1. The number of ketones is 1. The van der Waals surface area contributed by atoms with Crippen LogP contribution < -0.4 is 0 Å². The molecule has 3 saturated heterocycles. The van der Waals surface area contributed by atoms with E-state index in [-0.39, 0.29) is 24.5 Å². The maximum Gasteiger partial charge on any atom is 0.164 e. The maximum absolute atomic E-state index is 13.0. The molecule has 3 fully saturated rings. The Bertz CT molecular complexity index is 715. The number of carbonyl (C=O) groups is 1. The van der Waals surface area contributed by atoms with Crippen LogP contribution in [0.2, 0.25) is 0 Å². The van der Waals surface area contributed by atoms with Crippen molar-refractivity contribution in [1.29, 1.82) is 0 Å². The highest BCUT2D eigenvalue weighted by Gasteiger charge is 2.36. The topological polar surface area (TPSA) is 63.2 Å². The van der Waals surface area contributed by atoms with Crippen LogP contribution in [0, 0.1) is 5.92 Å². The first-order valence-electron chi connectivity index (χ1n) is 14.3. The van der Waals surface area contributed by atoms with Crippen LogP contribution in [0.25, 0.3) is 0 Å². The molecule has 3 heterocycles. The number of rotatable bonds is 12. The Hall–Kier alpha value is -1.05. The average Bonchev–Trinajstić information content (AvgIpc) is 3.01. The summed E-state index contributed by atoms with van der Waals surface area (Å²) in [5.41, 5.74) is 1.75. The normalized spacial score (nSPS) is 30.6. The van der Waals surface area contributed by atoms with Gasteiger partial charge in [-0.05, 0) is 103 Å². The van der Waals surface area contributed by atoms with E-state index in [1.54, 1.807) is 0 Å². The zero-order chi connectivity index (χ0) is 25.8. The van der Waals surface area contributed by atoms with Crippen molar-refractivity contribution in [1.82, 2.24) is 0 Å². The van der Waals surface area contributed by atoms with Crippen LogP contribution in [0.1, 0.15) is 105 Å². The van der Waals surface area contributed by atoms with Crippen molar-refractivity contribution in [3.63, 3.8) is 0 Å². The molecule has 5 atom stereocenters. The Morgan fingerprint density at radius 3 is 2.47 bits per heavy atom. The predicted molar refractivity (Wildman–Crippen MR) is 142 cm³/mol. The summed E-state index contributed by atoms with van der Waals surface area (Å²) in [4.78, 5) is 13.0. The summed E-state index contributed by atoms with van der Waals surface area (Å²) in [5, 5.41) is 0. The van der Waals surface area contributed by atoms with Crippen LogP contribution >= 0.6 is 0 Å². The Kier molecular flexibility index (Phi) is 12.6. The monoisotopic (exact) mass is 506 g/mol. The van der Waals surface area contributed by atoms with Crippen LogP contribution in [0.4, 0.5) is 0 Å². The molecule has 3 rings (SSSR count). The fourth-order valence-corrected chi connectivity index (χ4v) is 5.17. The third kappa shape index (κ3) is 10.0. The molecule has 0 aromatic carbocycles. The van der Waals surface area contributed by atoms with Gasteiger partial charge in [0.15, 0.2) is 18.4 Å². The van der Waals surface area contributed by atoms with Crippen molar-refractivity contribution >= 4 is 5.78 Å². The molecule has 0 amide bonds. The van der Waals surface area contributed by atoms with E-state index >= 15 is 0 Å². The number of hydrogen-bond acceptors (Lipinski definition) is 6. The van der Waals surface area contributed by atoms with Gasteiger partial charge >= 0.3 is 0 Å². The minimum Gasteiger partial charge on any atom is -0.363 e. The van der Waals surface area contributed by atoms with Gasteiger partial charge in [-0.15, -0.1) is 0 Å². The minimum absolute atomic E-state index is 0.0834. The quantitative estimate of drug-likeness (QED) is 0.276. The molecule has 0 saturated carbocycles. The lowest BCUT2D eigenvalue weighted by atomic mass is 9.88. The number of carbonyl (C=O) groups excluding carboxylic acids is 1. The van der Waals surface area contributed by atoms with Gasteiger partial charge in [0.1, 0.15) is 5.60 Å². The van der Waals surface area contributed by atoms with Crippen molar-refractivity contribution in [2.75, 3.05) is 26.4 Å². The van der Waals surface area contributed by atoms with Gasteiger partial charge in [-0.2, -0.15) is 0 Å². The number of Topliss-reactive ketones (excluding diaryl/α,β-unsaturated/α-hetero) is 1. The molecule has 0 aliphatic carbocycles. The van der Waals surface area contributed by atoms with Gasteiger partial charge in [0.2, 0.25) is 0 Å². The average molecular weight is 507 g/mol. The van der Waals surface area contributed by atoms with E-state index in [9.17, 15) is 4.79 Å². The summed E-state index contributed by atoms with van der Waals surface area (Å²) >= 11 is 0. The third-order valence-corrected chi connectivity index (χ3v) is 7.80. The highest BCUT2D eigenvalue weighted by atomic mass is 16.7. The van der Waals surface area contributed by atoms with Crippen molar-refractivity contribution in [3.8, 4) is 0 Å². The van der Waals surface area contributed by atoms with Gasteiger partial charge < -0.3 is 23.7 Å². The molecular weight excluding hydrogens is 456 g/mol. The van der Waals surface area contributed by atoms with E-state index in [1.807, 2.05) is 6.92 Å². The van der Waals surface area contributed by atoms with Crippen LogP contribution in [-0.4, -0.2) is 56.5 Å². The van der Waals surface area contributed by atoms with Crippen LogP contribution in [0.5, 0.6) is 0 Å². The second-order valence-corrected chi connectivity index (χ2v) is 11.3. The fourth-order valence-electron chi connectivity index (χ4n) is 5.17. The van der Waals surface area contributed by atoms with Crippen molar-refractivity contribution in [2.45, 2.75) is 129 Å². The van der Waals surface area contributed by atoms with E-state index < -0.39 is 5.60 Å². The smallest absolute Gasteiger partial charge is 0.164 e. The second kappa shape index (κ2) is 15.4. The lowest BCUT2D eigenvalue weighted by Gasteiger charge is -2.32. The van der Waals surface area contributed by atoms with E-state index in [0.717, 1.165) is 83.0 Å². The zero-order valence-electron chi connectivity index (χ0n) is 23.2. The highest BCUT2D eigenvalue weighted by molar-refractivity contribution is 5.87. The SMILES string of the molecule is CC(C)=CCC(OC1CCCCO1)C(C)CCC[C@]1(C)OCC(=CCOC2CCCCO2)CCC1=O.